The topological polar surface area (TPSA) is 95.6 Å². The summed E-state index contributed by atoms with van der Waals surface area (Å²) in [5.41, 5.74) is 2.57. The van der Waals surface area contributed by atoms with Crippen LogP contribution in [0.1, 0.15) is 74.4 Å². The molecule has 0 aliphatic heterocycles. The van der Waals surface area contributed by atoms with E-state index in [0.717, 1.165) is 36.8 Å². The predicted octanol–water partition coefficient (Wildman–Crippen LogP) is 3.74. The molecule has 2 aliphatic carbocycles. The van der Waals surface area contributed by atoms with Gasteiger partial charge in [0.2, 0.25) is 15.9 Å². The number of carbonyl (C=O) groups excluding carboxylic acids is 2. The Morgan fingerprint density at radius 2 is 1.57 bits per heavy atom. The van der Waals surface area contributed by atoms with Crippen molar-refractivity contribution in [3.63, 3.8) is 0 Å². The third-order valence-electron chi connectivity index (χ3n) is 6.45. The van der Waals surface area contributed by atoms with E-state index >= 15 is 0 Å². The first-order valence-corrected chi connectivity index (χ1v) is 13.8. The van der Waals surface area contributed by atoms with Gasteiger partial charge in [-0.15, -0.1) is 0 Å². The first kappa shape index (κ1) is 25.4. The van der Waals surface area contributed by atoms with Crippen molar-refractivity contribution in [3.8, 4) is 0 Å². The third kappa shape index (κ3) is 6.92. The average molecular weight is 498 g/mol. The van der Waals surface area contributed by atoms with E-state index in [2.05, 4.69) is 30.8 Å². The molecule has 188 valence electrons. The summed E-state index contributed by atoms with van der Waals surface area (Å²) in [5, 5.41) is 2.97. The fraction of sp³-hybridized carbons (Fsp3) is 0.481. The molecule has 0 unspecified atom stereocenters. The van der Waals surface area contributed by atoms with Gasteiger partial charge in [0.1, 0.15) is 0 Å². The van der Waals surface area contributed by atoms with E-state index in [1.54, 1.807) is 24.3 Å². The summed E-state index contributed by atoms with van der Waals surface area (Å²) in [4.78, 5) is 27.1. The molecule has 2 saturated carbocycles. The summed E-state index contributed by atoms with van der Waals surface area (Å²) in [6, 6.07) is 14.7. The molecular formula is C27H35N3O4S. The molecule has 2 aromatic carbocycles. The molecular weight excluding hydrogens is 462 g/mol. The first-order chi connectivity index (χ1) is 16.5. The second-order valence-corrected chi connectivity index (χ2v) is 12.4. The number of benzene rings is 2. The van der Waals surface area contributed by atoms with Gasteiger partial charge in [0.25, 0.3) is 5.91 Å². The van der Waals surface area contributed by atoms with Crippen LogP contribution in [-0.4, -0.2) is 43.8 Å². The maximum Gasteiger partial charge on any atom is 0.251 e. The standard InChI is InChI=1S/C27H35N3O4S/c1-27(2,3)21-8-14-24(15-9-21)35(33,34)28-17-16-25(31)30(23-12-13-23)18-19-4-6-20(7-5-19)26(32)29-22-10-11-22/h4-9,14-15,22-23,28H,10-13,16-18H2,1-3H3,(H,29,32). The highest BCUT2D eigenvalue weighted by molar-refractivity contribution is 7.89. The normalized spacial score (nSPS) is 16.1. The maximum absolute atomic E-state index is 12.9. The number of nitrogens with one attached hydrogen (secondary N) is 2. The average Bonchev–Trinajstić information content (AvgIpc) is 3.72. The Morgan fingerprint density at radius 1 is 0.943 bits per heavy atom. The predicted molar refractivity (Wildman–Crippen MR) is 135 cm³/mol. The van der Waals surface area contributed by atoms with E-state index in [1.165, 1.54) is 0 Å². The molecule has 8 heteroatoms. The van der Waals surface area contributed by atoms with Crippen LogP contribution < -0.4 is 10.0 Å². The number of amides is 2. The van der Waals surface area contributed by atoms with Crippen LogP contribution in [0, 0.1) is 0 Å². The number of nitrogens with zero attached hydrogens (tertiary/aromatic N) is 1. The van der Waals surface area contributed by atoms with Crippen molar-refractivity contribution in [1.82, 2.24) is 14.9 Å². The Balaban J connectivity index is 1.30. The Labute approximate surface area is 208 Å². The summed E-state index contributed by atoms with van der Waals surface area (Å²) >= 11 is 0. The summed E-state index contributed by atoms with van der Waals surface area (Å²) in [7, 11) is -3.68. The molecule has 0 aromatic heterocycles. The molecule has 2 aliphatic rings. The van der Waals surface area contributed by atoms with Crippen molar-refractivity contribution in [1.29, 1.82) is 0 Å². The van der Waals surface area contributed by atoms with Crippen LogP contribution in [0.4, 0.5) is 0 Å². The van der Waals surface area contributed by atoms with E-state index in [1.807, 2.05) is 29.2 Å². The number of hydrogen-bond acceptors (Lipinski definition) is 4. The van der Waals surface area contributed by atoms with Crippen LogP contribution >= 0.6 is 0 Å². The van der Waals surface area contributed by atoms with Gasteiger partial charge in [-0.05, 0) is 66.5 Å². The largest absolute Gasteiger partial charge is 0.349 e. The van der Waals surface area contributed by atoms with Gasteiger partial charge < -0.3 is 10.2 Å². The summed E-state index contributed by atoms with van der Waals surface area (Å²) < 4.78 is 27.9. The Morgan fingerprint density at radius 3 is 2.11 bits per heavy atom. The molecule has 0 radical (unpaired) electrons. The SMILES string of the molecule is CC(C)(C)c1ccc(S(=O)(=O)NCCC(=O)N(Cc2ccc(C(=O)NC3CC3)cc2)C2CC2)cc1. The fourth-order valence-electron chi connectivity index (χ4n) is 3.92. The van der Waals surface area contributed by atoms with Gasteiger partial charge in [-0.25, -0.2) is 13.1 Å². The molecule has 2 N–H and O–H groups in total. The van der Waals surface area contributed by atoms with Crippen LogP contribution in [0.15, 0.2) is 53.4 Å². The van der Waals surface area contributed by atoms with E-state index in [0.29, 0.717) is 18.2 Å². The molecule has 2 fully saturated rings. The minimum Gasteiger partial charge on any atom is -0.349 e. The van der Waals surface area contributed by atoms with Gasteiger partial charge in [0.15, 0.2) is 0 Å². The van der Waals surface area contributed by atoms with Crippen molar-refractivity contribution in [2.24, 2.45) is 0 Å². The van der Waals surface area contributed by atoms with E-state index < -0.39 is 10.0 Å². The van der Waals surface area contributed by atoms with Gasteiger partial charge >= 0.3 is 0 Å². The number of carbonyl (C=O) groups is 2. The molecule has 0 spiro atoms. The fourth-order valence-corrected chi connectivity index (χ4v) is 4.95. The van der Waals surface area contributed by atoms with Crippen LogP contribution in [0.3, 0.4) is 0 Å². The van der Waals surface area contributed by atoms with Crippen molar-refractivity contribution in [2.75, 3.05) is 6.54 Å². The van der Waals surface area contributed by atoms with E-state index in [4.69, 9.17) is 0 Å². The number of hydrogen-bond donors (Lipinski definition) is 2. The number of sulfonamides is 1. The third-order valence-corrected chi connectivity index (χ3v) is 7.93. The Hall–Kier alpha value is -2.71. The van der Waals surface area contributed by atoms with Crippen LogP contribution in [0.25, 0.3) is 0 Å². The zero-order valence-electron chi connectivity index (χ0n) is 20.7. The van der Waals surface area contributed by atoms with Crippen LogP contribution in [0.5, 0.6) is 0 Å². The Bertz CT molecular complexity index is 1160. The lowest BCUT2D eigenvalue weighted by molar-refractivity contribution is -0.132. The lowest BCUT2D eigenvalue weighted by Crippen LogP contribution is -2.35. The van der Waals surface area contributed by atoms with Crippen molar-refractivity contribution in [3.05, 3.63) is 65.2 Å². The Kier molecular flexibility index (Phi) is 7.33. The zero-order chi connectivity index (χ0) is 25.2. The molecule has 2 aromatic rings. The molecule has 35 heavy (non-hydrogen) atoms. The molecule has 0 saturated heterocycles. The van der Waals surface area contributed by atoms with Crippen LogP contribution in [-0.2, 0) is 26.8 Å². The van der Waals surface area contributed by atoms with Gasteiger partial charge in [-0.1, -0.05) is 45.0 Å². The second-order valence-electron chi connectivity index (χ2n) is 10.6. The monoisotopic (exact) mass is 497 g/mol. The van der Waals surface area contributed by atoms with Crippen LogP contribution in [0.2, 0.25) is 0 Å². The van der Waals surface area contributed by atoms with Crippen molar-refractivity contribution >= 4 is 21.8 Å². The second kappa shape index (κ2) is 10.1. The molecule has 0 bridgehead atoms. The highest BCUT2D eigenvalue weighted by Crippen LogP contribution is 2.29. The summed E-state index contributed by atoms with van der Waals surface area (Å²) in [6.07, 6.45) is 4.10. The summed E-state index contributed by atoms with van der Waals surface area (Å²) in [6.45, 7) is 6.73. The van der Waals surface area contributed by atoms with E-state index in [9.17, 15) is 18.0 Å². The molecule has 0 heterocycles. The lowest BCUT2D eigenvalue weighted by atomic mass is 9.87. The molecule has 7 nitrogen and oxygen atoms in total. The quantitative estimate of drug-likeness (QED) is 0.523. The van der Waals surface area contributed by atoms with Crippen molar-refractivity contribution < 1.29 is 18.0 Å². The highest BCUT2D eigenvalue weighted by Gasteiger charge is 2.32. The first-order valence-electron chi connectivity index (χ1n) is 12.3. The lowest BCUT2D eigenvalue weighted by Gasteiger charge is -2.23. The number of rotatable bonds is 10. The highest BCUT2D eigenvalue weighted by atomic mass is 32.2. The molecule has 0 atom stereocenters. The molecule has 2 amide bonds. The summed E-state index contributed by atoms with van der Waals surface area (Å²) in [5.74, 6) is -0.136. The smallest absolute Gasteiger partial charge is 0.251 e. The van der Waals surface area contributed by atoms with Crippen molar-refractivity contribution in [2.45, 2.75) is 81.8 Å². The molecule has 4 rings (SSSR count). The van der Waals surface area contributed by atoms with Gasteiger partial charge in [0, 0.05) is 37.2 Å². The van der Waals surface area contributed by atoms with Gasteiger partial charge in [0.05, 0.1) is 4.90 Å². The van der Waals surface area contributed by atoms with Gasteiger partial charge in [-0.3, -0.25) is 9.59 Å². The minimum atomic E-state index is -3.68. The van der Waals surface area contributed by atoms with Gasteiger partial charge in [-0.2, -0.15) is 0 Å². The maximum atomic E-state index is 12.9. The zero-order valence-corrected chi connectivity index (χ0v) is 21.5. The van der Waals surface area contributed by atoms with E-state index in [-0.39, 0.29) is 41.1 Å². The minimum absolute atomic E-state index is 0.0473.